The number of benzene rings is 1. The third-order valence-corrected chi connectivity index (χ3v) is 4.09. The van der Waals surface area contributed by atoms with Crippen LogP contribution in [0.3, 0.4) is 0 Å². The van der Waals surface area contributed by atoms with E-state index in [1.165, 1.54) is 18.3 Å². The number of nitrogens with zero attached hydrogens (tertiary/aromatic N) is 2. The maximum atomic E-state index is 12.2. The average molecular weight is 394 g/mol. The van der Waals surface area contributed by atoms with E-state index in [1.54, 1.807) is 30.3 Å². The first kappa shape index (κ1) is 20.1. The first-order valence-electron chi connectivity index (χ1n) is 9.04. The van der Waals surface area contributed by atoms with E-state index in [-0.39, 0.29) is 29.2 Å². The summed E-state index contributed by atoms with van der Waals surface area (Å²) in [5, 5.41) is 18.9. The Morgan fingerprint density at radius 1 is 1.10 bits per heavy atom. The van der Waals surface area contributed by atoms with Crippen LogP contribution in [-0.2, 0) is 16.6 Å². The van der Waals surface area contributed by atoms with Gasteiger partial charge in [-0.05, 0) is 29.8 Å². The average Bonchev–Trinajstić information content (AvgIpc) is 3.12. The molecule has 0 saturated carbocycles. The van der Waals surface area contributed by atoms with Crippen LogP contribution in [0.2, 0.25) is 0 Å². The molecule has 0 atom stereocenters. The first-order valence-corrected chi connectivity index (χ1v) is 9.04. The standard InChI is InChI=1S/C21H22N4O4/c1-21(2,3)16-12-17(25-29-16)24-18(27)11-13-6-8-14(9-7-13)23-20(28)19-15(26)5-4-10-22-19/h4-10,12,26H,11H2,1-3H3,(H,23,28)(H,24,25,27). The van der Waals surface area contributed by atoms with Crippen LogP contribution in [0.1, 0.15) is 42.6 Å². The molecule has 0 fully saturated rings. The number of pyridine rings is 1. The van der Waals surface area contributed by atoms with Gasteiger partial charge in [-0.2, -0.15) is 0 Å². The number of aromatic nitrogens is 2. The highest BCUT2D eigenvalue weighted by Crippen LogP contribution is 2.24. The molecule has 150 valence electrons. The van der Waals surface area contributed by atoms with Gasteiger partial charge in [0.25, 0.3) is 5.91 Å². The molecular formula is C21H22N4O4. The van der Waals surface area contributed by atoms with Crippen LogP contribution in [0, 0.1) is 0 Å². The summed E-state index contributed by atoms with van der Waals surface area (Å²) in [7, 11) is 0. The third kappa shape index (κ3) is 5.19. The topological polar surface area (TPSA) is 117 Å². The Morgan fingerprint density at radius 2 is 1.83 bits per heavy atom. The van der Waals surface area contributed by atoms with Crippen LogP contribution in [0.25, 0.3) is 0 Å². The van der Waals surface area contributed by atoms with E-state index in [4.69, 9.17) is 4.52 Å². The quantitative estimate of drug-likeness (QED) is 0.610. The van der Waals surface area contributed by atoms with Crippen molar-refractivity contribution in [3.8, 4) is 5.75 Å². The highest BCUT2D eigenvalue weighted by Gasteiger charge is 2.20. The molecule has 0 unspecified atom stereocenters. The highest BCUT2D eigenvalue weighted by molar-refractivity contribution is 6.04. The van der Waals surface area contributed by atoms with Gasteiger partial charge in [-0.15, -0.1) is 0 Å². The van der Waals surface area contributed by atoms with E-state index in [0.29, 0.717) is 17.3 Å². The Hall–Kier alpha value is -3.68. The molecule has 8 nitrogen and oxygen atoms in total. The molecule has 29 heavy (non-hydrogen) atoms. The van der Waals surface area contributed by atoms with Crippen LogP contribution in [0.15, 0.2) is 53.2 Å². The zero-order valence-corrected chi connectivity index (χ0v) is 16.4. The Kier molecular flexibility index (Phi) is 5.63. The van der Waals surface area contributed by atoms with E-state index in [9.17, 15) is 14.7 Å². The monoisotopic (exact) mass is 394 g/mol. The Labute approximate surface area is 168 Å². The van der Waals surface area contributed by atoms with Crippen molar-refractivity contribution < 1.29 is 19.2 Å². The Balaban J connectivity index is 1.57. The van der Waals surface area contributed by atoms with E-state index >= 15 is 0 Å². The SMILES string of the molecule is CC(C)(C)c1cc(NC(=O)Cc2ccc(NC(=O)c3ncccc3O)cc2)no1. The summed E-state index contributed by atoms with van der Waals surface area (Å²) in [6.07, 6.45) is 1.57. The molecule has 0 aliphatic heterocycles. The van der Waals surface area contributed by atoms with Gasteiger partial charge >= 0.3 is 0 Å². The molecule has 8 heteroatoms. The lowest BCUT2D eigenvalue weighted by molar-refractivity contribution is -0.115. The Bertz CT molecular complexity index is 1020. The number of carbonyl (C=O) groups excluding carboxylic acids is 2. The molecule has 3 aromatic rings. The predicted molar refractivity (Wildman–Crippen MR) is 108 cm³/mol. The maximum absolute atomic E-state index is 12.2. The summed E-state index contributed by atoms with van der Waals surface area (Å²) in [6, 6.07) is 11.5. The van der Waals surface area contributed by atoms with Crippen molar-refractivity contribution in [2.45, 2.75) is 32.6 Å². The maximum Gasteiger partial charge on any atom is 0.278 e. The second-order valence-electron chi connectivity index (χ2n) is 7.57. The van der Waals surface area contributed by atoms with Crippen LogP contribution in [0.5, 0.6) is 5.75 Å². The van der Waals surface area contributed by atoms with Crippen molar-refractivity contribution in [1.82, 2.24) is 10.1 Å². The number of nitrogens with one attached hydrogen (secondary N) is 2. The lowest BCUT2D eigenvalue weighted by Crippen LogP contribution is -2.15. The second kappa shape index (κ2) is 8.14. The smallest absolute Gasteiger partial charge is 0.278 e. The van der Waals surface area contributed by atoms with Crippen molar-refractivity contribution in [3.05, 3.63) is 65.7 Å². The van der Waals surface area contributed by atoms with Crippen molar-refractivity contribution in [1.29, 1.82) is 0 Å². The fourth-order valence-corrected chi connectivity index (χ4v) is 2.53. The minimum atomic E-state index is -0.519. The van der Waals surface area contributed by atoms with Gasteiger partial charge in [0.2, 0.25) is 5.91 Å². The molecule has 0 spiro atoms. The zero-order valence-electron chi connectivity index (χ0n) is 16.4. The first-order chi connectivity index (χ1) is 13.7. The van der Waals surface area contributed by atoms with Gasteiger partial charge in [0.15, 0.2) is 11.5 Å². The molecule has 2 amide bonds. The second-order valence-corrected chi connectivity index (χ2v) is 7.57. The largest absolute Gasteiger partial charge is 0.505 e. The van der Waals surface area contributed by atoms with Gasteiger partial charge < -0.3 is 20.3 Å². The van der Waals surface area contributed by atoms with E-state index in [0.717, 1.165) is 5.56 Å². The molecule has 2 heterocycles. The van der Waals surface area contributed by atoms with Gasteiger partial charge in [-0.1, -0.05) is 38.1 Å². The van der Waals surface area contributed by atoms with E-state index in [2.05, 4.69) is 20.8 Å². The normalized spacial score (nSPS) is 11.1. The van der Waals surface area contributed by atoms with Crippen molar-refractivity contribution in [2.75, 3.05) is 10.6 Å². The summed E-state index contributed by atoms with van der Waals surface area (Å²) in [6.45, 7) is 5.98. The van der Waals surface area contributed by atoms with Crippen LogP contribution < -0.4 is 10.6 Å². The Morgan fingerprint density at radius 3 is 2.45 bits per heavy atom. The molecule has 1 aromatic carbocycles. The fourth-order valence-electron chi connectivity index (χ4n) is 2.53. The van der Waals surface area contributed by atoms with Crippen LogP contribution in [-0.4, -0.2) is 27.1 Å². The van der Waals surface area contributed by atoms with E-state index in [1.807, 2.05) is 20.8 Å². The molecular weight excluding hydrogens is 372 g/mol. The molecule has 3 N–H and O–H groups in total. The number of amides is 2. The van der Waals surface area contributed by atoms with Crippen LogP contribution in [0.4, 0.5) is 11.5 Å². The summed E-state index contributed by atoms with van der Waals surface area (Å²) in [5.41, 5.74) is 1.04. The van der Waals surface area contributed by atoms with Crippen molar-refractivity contribution in [3.63, 3.8) is 0 Å². The van der Waals surface area contributed by atoms with Crippen molar-refractivity contribution in [2.24, 2.45) is 0 Å². The van der Waals surface area contributed by atoms with Gasteiger partial charge in [0, 0.05) is 23.4 Å². The molecule has 0 bridgehead atoms. The van der Waals surface area contributed by atoms with Crippen LogP contribution >= 0.6 is 0 Å². The highest BCUT2D eigenvalue weighted by atomic mass is 16.5. The number of hydrogen-bond donors (Lipinski definition) is 3. The van der Waals surface area contributed by atoms with Crippen molar-refractivity contribution >= 4 is 23.3 Å². The number of hydrogen-bond acceptors (Lipinski definition) is 6. The minimum absolute atomic E-state index is 0.0572. The summed E-state index contributed by atoms with van der Waals surface area (Å²) < 4.78 is 5.25. The molecule has 2 aromatic heterocycles. The molecule has 3 rings (SSSR count). The summed E-state index contributed by atoms with van der Waals surface area (Å²) in [5.74, 6) is 0.120. The lowest BCUT2D eigenvalue weighted by atomic mass is 9.93. The summed E-state index contributed by atoms with van der Waals surface area (Å²) >= 11 is 0. The van der Waals surface area contributed by atoms with Gasteiger partial charge in [-0.25, -0.2) is 4.98 Å². The number of rotatable bonds is 5. The fraction of sp³-hybridized carbons (Fsp3) is 0.238. The molecule has 0 radical (unpaired) electrons. The predicted octanol–water partition coefficient (Wildman–Crippen LogP) is 3.51. The number of aromatic hydroxyl groups is 1. The third-order valence-electron chi connectivity index (χ3n) is 4.09. The zero-order chi connectivity index (χ0) is 21.0. The lowest BCUT2D eigenvalue weighted by Gasteiger charge is -2.12. The van der Waals surface area contributed by atoms with Gasteiger partial charge in [-0.3, -0.25) is 9.59 Å². The molecule has 0 aliphatic carbocycles. The molecule has 0 saturated heterocycles. The molecule has 0 aliphatic rings. The number of anilines is 2. The van der Waals surface area contributed by atoms with Gasteiger partial charge in [0.1, 0.15) is 11.5 Å². The minimum Gasteiger partial charge on any atom is -0.505 e. The summed E-state index contributed by atoms with van der Waals surface area (Å²) in [4.78, 5) is 28.2. The van der Waals surface area contributed by atoms with Gasteiger partial charge in [0.05, 0.1) is 6.42 Å². The van der Waals surface area contributed by atoms with E-state index < -0.39 is 5.91 Å². The number of carbonyl (C=O) groups is 2.